The van der Waals surface area contributed by atoms with E-state index in [9.17, 15) is 0 Å². The molecule has 0 aliphatic carbocycles. The zero-order valence-corrected chi connectivity index (χ0v) is 14.1. The number of rotatable bonds is 7. The van der Waals surface area contributed by atoms with E-state index in [2.05, 4.69) is 56.4 Å². The lowest BCUT2D eigenvalue weighted by Crippen LogP contribution is -2.05. The number of anilines is 3. The Labute approximate surface area is 134 Å². The van der Waals surface area contributed by atoms with Crippen molar-refractivity contribution in [3.63, 3.8) is 0 Å². The van der Waals surface area contributed by atoms with Crippen molar-refractivity contribution in [2.24, 2.45) is 0 Å². The molecule has 0 fully saturated rings. The van der Waals surface area contributed by atoms with Crippen LogP contribution in [0.5, 0.6) is 0 Å². The molecule has 2 aromatic rings. The van der Waals surface area contributed by atoms with Crippen molar-refractivity contribution in [3.8, 4) is 0 Å². The third-order valence-electron chi connectivity index (χ3n) is 3.16. The van der Waals surface area contributed by atoms with Crippen LogP contribution in [-0.2, 0) is 0 Å². The van der Waals surface area contributed by atoms with E-state index >= 15 is 0 Å². The average Bonchev–Trinajstić information content (AvgIpc) is 2.48. The van der Waals surface area contributed by atoms with E-state index in [4.69, 9.17) is 0 Å². The van der Waals surface area contributed by atoms with E-state index in [0.717, 1.165) is 28.9 Å². The maximum Gasteiger partial charge on any atom is 0.229 e. The summed E-state index contributed by atoms with van der Waals surface area (Å²) < 4.78 is 1.10. The lowest BCUT2D eigenvalue weighted by Gasteiger charge is -2.09. The lowest BCUT2D eigenvalue weighted by molar-refractivity contribution is 0.742. The highest BCUT2D eigenvalue weighted by Crippen LogP contribution is 2.22. The van der Waals surface area contributed by atoms with Gasteiger partial charge in [0.05, 0.1) is 0 Å². The summed E-state index contributed by atoms with van der Waals surface area (Å²) in [6.07, 6.45) is 5.39. The standard InChI is InChI=1S/C16H21BrN4/c1-3-4-5-9-18-15-8-10-19-16(21-15)20-13-6-7-14(17)12(2)11-13/h6-8,10-11H,3-5,9H2,1-2H3,(H2,18,19,20,21). The number of hydrogen-bond donors (Lipinski definition) is 2. The Balaban J connectivity index is 1.98. The number of unbranched alkanes of at least 4 members (excludes halogenated alkanes) is 2. The molecule has 0 aliphatic heterocycles. The fourth-order valence-electron chi connectivity index (χ4n) is 1.96. The molecule has 0 saturated heterocycles. The van der Waals surface area contributed by atoms with E-state index in [-0.39, 0.29) is 0 Å². The van der Waals surface area contributed by atoms with E-state index < -0.39 is 0 Å². The molecule has 2 N–H and O–H groups in total. The molecule has 0 radical (unpaired) electrons. The minimum absolute atomic E-state index is 0.609. The second kappa shape index (κ2) is 7.98. The third-order valence-corrected chi connectivity index (χ3v) is 4.05. The van der Waals surface area contributed by atoms with Gasteiger partial charge >= 0.3 is 0 Å². The van der Waals surface area contributed by atoms with Gasteiger partial charge in [-0.05, 0) is 43.2 Å². The molecule has 1 heterocycles. The smallest absolute Gasteiger partial charge is 0.229 e. The summed E-state index contributed by atoms with van der Waals surface area (Å²) in [5, 5.41) is 6.56. The van der Waals surface area contributed by atoms with Crippen LogP contribution in [0.15, 0.2) is 34.9 Å². The van der Waals surface area contributed by atoms with Crippen LogP contribution < -0.4 is 10.6 Å². The van der Waals surface area contributed by atoms with E-state index in [1.807, 2.05) is 18.2 Å². The van der Waals surface area contributed by atoms with Crippen molar-refractivity contribution in [2.75, 3.05) is 17.2 Å². The van der Waals surface area contributed by atoms with Gasteiger partial charge in [0.25, 0.3) is 0 Å². The Morgan fingerprint density at radius 2 is 2.05 bits per heavy atom. The Kier molecular flexibility index (Phi) is 5.99. The van der Waals surface area contributed by atoms with Gasteiger partial charge in [0.15, 0.2) is 0 Å². The minimum Gasteiger partial charge on any atom is -0.370 e. The Hall–Kier alpha value is -1.62. The predicted octanol–water partition coefficient (Wildman–Crippen LogP) is 4.89. The zero-order valence-electron chi connectivity index (χ0n) is 12.5. The fourth-order valence-corrected chi connectivity index (χ4v) is 2.21. The highest BCUT2D eigenvalue weighted by Gasteiger charge is 2.02. The molecule has 21 heavy (non-hydrogen) atoms. The molecular formula is C16H21BrN4. The fraction of sp³-hybridized carbons (Fsp3) is 0.375. The SMILES string of the molecule is CCCCCNc1ccnc(Nc2ccc(Br)c(C)c2)n1. The summed E-state index contributed by atoms with van der Waals surface area (Å²) in [5.41, 5.74) is 2.16. The summed E-state index contributed by atoms with van der Waals surface area (Å²) >= 11 is 3.50. The van der Waals surface area contributed by atoms with Gasteiger partial charge in [-0.15, -0.1) is 0 Å². The van der Waals surface area contributed by atoms with Crippen molar-refractivity contribution in [1.29, 1.82) is 0 Å². The number of nitrogens with zero attached hydrogens (tertiary/aromatic N) is 2. The molecule has 1 aromatic carbocycles. The molecule has 4 nitrogen and oxygen atoms in total. The highest BCUT2D eigenvalue weighted by atomic mass is 79.9. The van der Waals surface area contributed by atoms with Gasteiger partial charge in [-0.1, -0.05) is 35.7 Å². The van der Waals surface area contributed by atoms with Crippen LogP contribution in [0, 0.1) is 6.92 Å². The molecule has 2 rings (SSSR count). The maximum absolute atomic E-state index is 4.47. The van der Waals surface area contributed by atoms with Crippen molar-refractivity contribution in [1.82, 2.24) is 9.97 Å². The van der Waals surface area contributed by atoms with Gasteiger partial charge in [0, 0.05) is 22.9 Å². The zero-order chi connectivity index (χ0) is 15.1. The van der Waals surface area contributed by atoms with E-state index in [1.54, 1.807) is 6.20 Å². The van der Waals surface area contributed by atoms with Crippen molar-refractivity contribution < 1.29 is 0 Å². The largest absolute Gasteiger partial charge is 0.370 e. The van der Waals surface area contributed by atoms with Gasteiger partial charge in [0.1, 0.15) is 5.82 Å². The first-order valence-electron chi connectivity index (χ1n) is 7.29. The molecule has 0 saturated carbocycles. The summed E-state index contributed by atoms with van der Waals surface area (Å²) in [6, 6.07) is 7.98. The second-order valence-electron chi connectivity index (χ2n) is 4.99. The van der Waals surface area contributed by atoms with Gasteiger partial charge in [-0.25, -0.2) is 4.98 Å². The number of nitrogens with one attached hydrogen (secondary N) is 2. The van der Waals surface area contributed by atoms with Crippen LogP contribution in [0.25, 0.3) is 0 Å². The molecule has 112 valence electrons. The van der Waals surface area contributed by atoms with E-state index in [0.29, 0.717) is 5.95 Å². The highest BCUT2D eigenvalue weighted by molar-refractivity contribution is 9.10. The first-order chi connectivity index (χ1) is 10.2. The van der Waals surface area contributed by atoms with Gasteiger partial charge in [-0.2, -0.15) is 4.98 Å². The van der Waals surface area contributed by atoms with Crippen LogP contribution in [0.2, 0.25) is 0 Å². The first-order valence-corrected chi connectivity index (χ1v) is 8.08. The van der Waals surface area contributed by atoms with Gasteiger partial charge in [0.2, 0.25) is 5.95 Å². The number of aromatic nitrogens is 2. The Morgan fingerprint density at radius 1 is 1.19 bits per heavy atom. The van der Waals surface area contributed by atoms with Crippen molar-refractivity contribution >= 4 is 33.4 Å². The summed E-state index contributed by atoms with van der Waals surface area (Å²) in [5.74, 6) is 1.47. The first kappa shape index (κ1) is 15.8. The van der Waals surface area contributed by atoms with Crippen LogP contribution in [0.4, 0.5) is 17.5 Å². The monoisotopic (exact) mass is 348 g/mol. The van der Waals surface area contributed by atoms with E-state index in [1.165, 1.54) is 18.4 Å². The summed E-state index contributed by atoms with van der Waals surface area (Å²) in [6.45, 7) is 5.20. The quantitative estimate of drug-likeness (QED) is 0.699. The molecule has 0 unspecified atom stereocenters. The maximum atomic E-state index is 4.47. The van der Waals surface area contributed by atoms with Gasteiger partial charge in [-0.3, -0.25) is 0 Å². The summed E-state index contributed by atoms with van der Waals surface area (Å²) in [7, 11) is 0. The molecule has 0 aliphatic rings. The summed E-state index contributed by atoms with van der Waals surface area (Å²) in [4.78, 5) is 8.73. The molecule has 0 spiro atoms. The van der Waals surface area contributed by atoms with Gasteiger partial charge < -0.3 is 10.6 Å². The molecule has 5 heteroatoms. The van der Waals surface area contributed by atoms with Crippen LogP contribution >= 0.6 is 15.9 Å². The number of halogens is 1. The van der Waals surface area contributed by atoms with Crippen LogP contribution in [-0.4, -0.2) is 16.5 Å². The average molecular weight is 349 g/mol. The van der Waals surface area contributed by atoms with Crippen LogP contribution in [0.3, 0.4) is 0 Å². The molecule has 0 amide bonds. The predicted molar refractivity (Wildman–Crippen MR) is 92.2 cm³/mol. The normalized spacial score (nSPS) is 10.4. The van der Waals surface area contributed by atoms with Crippen LogP contribution in [0.1, 0.15) is 31.7 Å². The molecule has 1 aromatic heterocycles. The molecule has 0 atom stereocenters. The molecular weight excluding hydrogens is 328 g/mol. The molecule has 0 bridgehead atoms. The Morgan fingerprint density at radius 3 is 2.81 bits per heavy atom. The third kappa shape index (κ3) is 5.01. The number of hydrogen-bond acceptors (Lipinski definition) is 4. The second-order valence-corrected chi connectivity index (χ2v) is 5.84. The Bertz CT molecular complexity index is 586. The lowest BCUT2D eigenvalue weighted by atomic mass is 10.2. The van der Waals surface area contributed by atoms with Crippen molar-refractivity contribution in [2.45, 2.75) is 33.1 Å². The number of aryl methyl sites for hydroxylation is 1. The van der Waals surface area contributed by atoms with Crippen molar-refractivity contribution in [3.05, 3.63) is 40.5 Å². The topological polar surface area (TPSA) is 49.8 Å². The number of benzene rings is 1. The minimum atomic E-state index is 0.609.